The van der Waals surface area contributed by atoms with Crippen molar-refractivity contribution in [3.05, 3.63) is 28.8 Å². The van der Waals surface area contributed by atoms with Gasteiger partial charge in [-0.3, -0.25) is 0 Å². The van der Waals surface area contributed by atoms with Gasteiger partial charge in [0.25, 0.3) is 0 Å². The third-order valence-corrected chi connectivity index (χ3v) is 3.23. The van der Waals surface area contributed by atoms with Crippen molar-refractivity contribution in [1.82, 2.24) is 5.32 Å². The fraction of sp³-hybridized carbons (Fsp3) is 0.538. The first kappa shape index (κ1) is 13.3. The first-order chi connectivity index (χ1) is 7.48. The van der Waals surface area contributed by atoms with Crippen molar-refractivity contribution in [3.8, 4) is 5.75 Å². The number of benzene rings is 1. The minimum Gasteiger partial charge on any atom is -0.495 e. The molecule has 0 aliphatic carbocycles. The van der Waals surface area contributed by atoms with Crippen LogP contribution in [0.1, 0.15) is 25.8 Å². The monoisotopic (exact) mass is 241 g/mol. The van der Waals surface area contributed by atoms with E-state index in [1.807, 2.05) is 19.2 Å². The van der Waals surface area contributed by atoms with Crippen molar-refractivity contribution < 1.29 is 4.74 Å². The molecule has 2 nitrogen and oxygen atoms in total. The molecule has 3 heteroatoms. The molecule has 1 aromatic rings. The van der Waals surface area contributed by atoms with Crippen LogP contribution in [0.3, 0.4) is 0 Å². The summed E-state index contributed by atoms with van der Waals surface area (Å²) in [5.74, 6) is 0.735. The van der Waals surface area contributed by atoms with E-state index in [9.17, 15) is 0 Å². The van der Waals surface area contributed by atoms with Crippen molar-refractivity contribution in [2.75, 3.05) is 14.2 Å². The first-order valence-corrected chi connectivity index (χ1v) is 5.87. The second-order valence-corrected chi connectivity index (χ2v) is 5.01. The second-order valence-electron chi connectivity index (χ2n) is 4.60. The molecule has 16 heavy (non-hydrogen) atoms. The van der Waals surface area contributed by atoms with E-state index < -0.39 is 0 Å². The van der Waals surface area contributed by atoms with Gasteiger partial charge in [-0.2, -0.15) is 0 Å². The first-order valence-electron chi connectivity index (χ1n) is 5.50. The van der Waals surface area contributed by atoms with Crippen LogP contribution in [0.5, 0.6) is 5.75 Å². The smallest absolute Gasteiger partial charge is 0.137 e. The van der Waals surface area contributed by atoms with Gasteiger partial charge in [-0.05, 0) is 51.4 Å². The highest BCUT2D eigenvalue weighted by Gasteiger charge is 2.14. The summed E-state index contributed by atoms with van der Waals surface area (Å²) >= 11 is 6.07. The Morgan fingerprint density at radius 3 is 2.56 bits per heavy atom. The Bertz CT molecular complexity index is 350. The molecule has 1 aromatic carbocycles. The molecule has 0 atom stereocenters. The molecule has 0 saturated heterocycles. The summed E-state index contributed by atoms with van der Waals surface area (Å²) in [7, 11) is 3.62. The Hall–Kier alpha value is -0.730. The van der Waals surface area contributed by atoms with Crippen LogP contribution < -0.4 is 10.1 Å². The maximum absolute atomic E-state index is 6.07. The van der Waals surface area contributed by atoms with Gasteiger partial charge in [0.1, 0.15) is 5.75 Å². The van der Waals surface area contributed by atoms with Crippen LogP contribution in [0.15, 0.2) is 18.2 Å². The SMILES string of the molecule is CNC(C)(C)CCc1ccc(OC)c(Cl)c1. The molecular weight excluding hydrogens is 222 g/mol. The average molecular weight is 242 g/mol. The van der Waals surface area contributed by atoms with Crippen LogP contribution >= 0.6 is 11.6 Å². The van der Waals surface area contributed by atoms with E-state index in [2.05, 4.69) is 25.2 Å². The highest BCUT2D eigenvalue weighted by molar-refractivity contribution is 6.32. The summed E-state index contributed by atoms with van der Waals surface area (Å²) in [6, 6.07) is 5.96. The molecule has 0 unspecified atom stereocenters. The Labute approximate surface area is 103 Å². The highest BCUT2D eigenvalue weighted by atomic mass is 35.5. The third kappa shape index (κ3) is 3.69. The lowest BCUT2D eigenvalue weighted by Gasteiger charge is -2.23. The molecule has 0 fully saturated rings. The van der Waals surface area contributed by atoms with Gasteiger partial charge in [-0.25, -0.2) is 0 Å². The zero-order chi connectivity index (χ0) is 12.2. The van der Waals surface area contributed by atoms with Crippen molar-refractivity contribution in [2.45, 2.75) is 32.2 Å². The van der Waals surface area contributed by atoms with Gasteiger partial charge in [0, 0.05) is 5.54 Å². The van der Waals surface area contributed by atoms with Gasteiger partial charge in [0.15, 0.2) is 0 Å². The Kier molecular flexibility index (Phi) is 4.63. The van der Waals surface area contributed by atoms with Crippen LogP contribution in [0.2, 0.25) is 5.02 Å². The summed E-state index contributed by atoms with van der Waals surface area (Å²) in [6.45, 7) is 4.39. The molecular formula is C13H20ClNO. The van der Waals surface area contributed by atoms with Gasteiger partial charge in [0.2, 0.25) is 0 Å². The summed E-state index contributed by atoms with van der Waals surface area (Å²) < 4.78 is 5.12. The molecule has 0 aromatic heterocycles. The maximum atomic E-state index is 6.07. The van der Waals surface area contributed by atoms with Gasteiger partial charge in [-0.15, -0.1) is 0 Å². The zero-order valence-corrected chi connectivity index (χ0v) is 11.2. The largest absolute Gasteiger partial charge is 0.495 e. The number of hydrogen-bond acceptors (Lipinski definition) is 2. The molecule has 0 bridgehead atoms. The van der Waals surface area contributed by atoms with E-state index >= 15 is 0 Å². The van der Waals surface area contributed by atoms with Gasteiger partial charge in [0.05, 0.1) is 12.1 Å². The standard InChI is InChI=1S/C13H20ClNO/c1-13(2,15-3)8-7-10-5-6-12(16-4)11(14)9-10/h5-6,9,15H,7-8H2,1-4H3. The third-order valence-electron chi connectivity index (χ3n) is 2.93. The topological polar surface area (TPSA) is 21.3 Å². The van der Waals surface area contributed by atoms with Crippen molar-refractivity contribution in [2.24, 2.45) is 0 Å². The van der Waals surface area contributed by atoms with Crippen molar-refractivity contribution in [1.29, 1.82) is 0 Å². The number of nitrogens with one attached hydrogen (secondary N) is 1. The molecule has 0 radical (unpaired) electrons. The van der Waals surface area contributed by atoms with E-state index in [0.29, 0.717) is 5.02 Å². The van der Waals surface area contributed by atoms with E-state index in [0.717, 1.165) is 18.6 Å². The van der Waals surface area contributed by atoms with Crippen LogP contribution in [0, 0.1) is 0 Å². The predicted molar refractivity (Wildman–Crippen MR) is 69.5 cm³/mol. The number of rotatable bonds is 5. The molecule has 0 aliphatic rings. The van der Waals surface area contributed by atoms with E-state index in [1.165, 1.54) is 5.56 Å². The fourth-order valence-corrected chi connectivity index (χ4v) is 1.73. The number of methoxy groups -OCH3 is 1. The van der Waals surface area contributed by atoms with E-state index in [1.54, 1.807) is 7.11 Å². The number of hydrogen-bond donors (Lipinski definition) is 1. The number of ether oxygens (including phenoxy) is 1. The van der Waals surface area contributed by atoms with Gasteiger partial charge < -0.3 is 10.1 Å². The number of halogens is 1. The predicted octanol–water partition coefficient (Wildman–Crippen LogP) is 3.28. The molecule has 90 valence electrons. The van der Waals surface area contributed by atoms with Gasteiger partial charge >= 0.3 is 0 Å². The number of aryl methyl sites for hydroxylation is 1. The van der Waals surface area contributed by atoms with E-state index in [-0.39, 0.29) is 5.54 Å². The second kappa shape index (κ2) is 5.55. The summed E-state index contributed by atoms with van der Waals surface area (Å²) in [6.07, 6.45) is 2.09. The fourth-order valence-electron chi connectivity index (χ4n) is 1.45. The molecule has 0 aliphatic heterocycles. The Morgan fingerprint density at radius 1 is 1.38 bits per heavy atom. The molecule has 1 rings (SSSR count). The van der Waals surface area contributed by atoms with Crippen molar-refractivity contribution >= 4 is 11.6 Å². The van der Waals surface area contributed by atoms with Crippen LogP contribution in [0.4, 0.5) is 0 Å². The lowest BCUT2D eigenvalue weighted by molar-refractivity contribution is 0.393. The quantitative estimate of drug-likeness (QED) is 0.854. The minimum atomic E-state index is 0.159. The van der Waals surface area contributed by atoms with Crippen LogP contribution in [-0.4, -0.2) is 19.7 Å². The minimum absolute atomic E-state index is 0.159. The molecule has 0 spiro atoms. The normalized spacial score (nSPS) is 11.6. The Morgan fingerprint density at radius 2 is 2.06 bits per heavy atom. The average Bonchev–Trinajstić information content (AvgIpc) is 2.27. The lowest BCUT2D eigenvalue weighted by atomic mass is 9.95. The van der Waals surface area contributed by atoms with Gasteiger partial charge in [-0.1, -0.05) is 17.7 Å². The van der Waals surface area contributed by atoms with Crippen LogP contribution in [-0.2, 0) is 6.42 Å². The molecule has 0 heterocycles. The zero-order valence-electron chi connectivity index (χ0n) is 10.4. The highest BCUT2D eigenvalue weighted by Crippen LogP contribution is 2.26. The molecule has 0 amide bonds. The maximum Gasteiger partial charge on any atom is 0.137 e. The summed E-state index contributed by atoms with van der Waals surface area (Å²) in [4.78, 5) is 0. The lowest BCUT2D eigenvalue weighted by Crippen LogP contribution is -2.36. The summed E-state index contributed by atoms with van der Waals surface area (Å²) in [5, 5.41) is 3.97. The van der Waals surface area contributed by atoms with E-state index in [4.69, 9.17) is 16.3 Å². The van der Waals surface area contributed by atoms with Crippen molar-refractivity contribution in [3.63, 3.8) is 0 Å². The van der Waals surface area contributed by atoms with Crippen LogP contribution in [0.25, 0.3) is 0 Å². The molecule has 1 N–H and O–H groups in total. The Balaban J connectivity index is 2.65. The molecule has 0 saturated carbocycles. The summed E-state index contributed by atoms with van der Waals surface area (Å²) in [5.41, 5.74) is 1.40.